The number of ether oxygens (including phenoxy) is 1. The number of hydrogen-bond donors (Lipinski definition) is 0. The first-order valence-corrected chi connectivity index (χ1v) is 21.1. The maximum Gasteiger partial charge on any atom is 0.269 e. The van der Waals surface area contributed by atoms with Gasteiger partial charge in [0.2, 0.25) is 0 Å². The predicted octanol–water partition coefficient (Wildman–Crippen LogP) is 14.3. The molecule has 0 N–H and O–H groups in total. The fourth-order valence-corrected chi connectivity index (χ4v) is 9.07. The predicted molar refractivity (Wildman–Crippen MR) is 253 cm³/mol. The standard InChI is InChI=1S/C57H48N4O/c1-57(2,3)43-31-32-58-55(35-43)61-51-26-13-12-23-49(51)50-30-29-45(37-54(50)61)62-46-34-42(39-17-10-11-18-39)33-44(36-46)59-38-60(53-28-15-14-27-52(53)59)56-47(40-19-6-4-7-20-40)24-16-25-48(56)41-21-8-5-9-22-41/h4-9,12-16,19-37,39H,10-11,17-18H2,1-3H3/i4D,5D,6D,7D,8D,9D,19D,20D,21D,22D. The monoisotopic (exact) mass is 814 g/mol. The first-order valence-electron chi connectivity index (χ1n) is 26.1. The molecular weight excluding hydrogens is 757 g/mol. The molecule has 0 aliphatic heterocycles. The van der Waals surface area contributed by atoms with Gasteiger partial charge in [-0.1, -0.05) is 155 Å². The molecule has 0 radical (unpaired) electrons. The molecule has 0 bridgehead atoms. The molecule has 5 heteroatoms. The summed E-state index contributed by atoms with van der Waals surface area (Å²) >= 11 is 0. The van der Waals surface area contributed by atoms with Crippen molar-refractivity contribution in [1.29, 1.82) is 0 Å². The summed E-state index contributed by atoms with van der Waals surface area (Å²) in [7, 11) is 0. The normalized spacial score (nSPS) is 15.7. The third-order valence-corrected chi connectivity index (χ3v) is 12.1. The zero-order valence-corrected chi connectivity index (χ0v) is 34.6. The number of imidazole rings is 1. The van der Waals surface area contributed by atoms with Crippen molar-refractivity contribution in [3.8, 4) is 50.9 Å². The van der Waals surface area contributed by atoms with Crippen molar-refractivity contribution < 1.29 is 23.0 Å². The number of pyridine rings is 1. The average molecular weight is 815 g/mol. The summed E-state index contributed by atoms with van der Waals surface area (Å²) in [6.07, 6.45) is 9.64. The van der Waals surface area contributed by atoms with E-state index in [0.717, 1.165) is 58.9 Å². The quantitative estimate of drug-likeness (QED) is 0.113. The molecule has 0 unspecified atom stereocenters. The Balaban J connectivity index is 1.13. The van der Waals surface area contributed by atoms with E-state index in [1.54, 1.807) is 22.8 Å². The van der Waals surface area contributed by atoms with Crippen LogP contribution in [0.1, 0.15) is 77.2 Å². The Morgan fingerprint density at radius 2 is 1.34 bits per heavy atom. The fourth-order valence-electron chi connectivity index (χ4n) is 9.07. The molecule has 3 heterocycles. The lowest BCUT2D eigenvalue weighted by Crippen LogP contribution is -2.31. The van der Waals surface area contributed by atoms with Crippen LogP contribution >= 0.6 is 0 Å². The third kappa shape index (κ3) is 6.75. The van der Waals surface area contributed by atoms with Crippen molar-refractivity contribution in [1.82, 2.24) is 14.1 Å². The Labute approximate surface area is 377 Å². The van der Waals surface area contributed by atoms with Crippen LogP contribution in [0, 0.1) is 6.33 Å². The van der Waals surface area contributed by atoms with E-state index < -0.39 is 60.4 Å². The first-order chi connectivity index (χ1) is 34.5. The molecule has 0 amide bonds. The number of nitrogens with zero attached hydrogens (tertiary/aromatic N) is 4. The first kappa shape index (κ1) is 28.3. The molecule has 3 aromatic heterocycles. The van der Waals surface area contributed by atoms with Crippen molar-refractivity contribution in [2.75, 3.05) is 0 Å². The minimum absolute atomic E-state index is 0.0884. The molecule has 10 aromatic rings. The van der Waals surface area contributed by atoms with Gasteiger partial charge in [0.15, 0.2) is 0 Å². The van der Waals surface area contributed by atoms with Crippen LogP contribution in [0.25, 0.3) is 72.3 Å². The average Bonchev–Trinajstić information content (AvgIpc) is 4.14. The molecule has 7 aromatic carbocycles. The van der Waals surface area contributed by atoms with Gasteiger partial charge < -0.3 is 4.74 Å². The van der Waals surface area contributed by atoms with Crippen molar-refractivity contribution in [3.63, 3.8) is 0 Å². The summed E-state index contributed by atoms with van der Waals surface area (Å²) in [6, 6.07) is 32.2. The highest BCUT2D eigenvalue weighted by atomic mass is 16.5. The van der Waals surface area contributed by atoms with E-state index in [-0.39, 0.29) is 39.3 Å². The van der Waals surface area contributed by atoms with Crippen LogP contribution in [0.5, 0.6) is 11.5 Å². The van der Waals surface area contributed by atoms with Crippen LogP contribution in [0.4, 0.5) is 0 Å². The van der Waals surface area contributed by atoms with Gasteiger partial charge in [0.05, 0.1) is 47.1 Å². The Hall–Kier alpha value is -7.24. The van der Waals surface area contributed by atoms with Crippen LogP contribution < -0.4 is 9.30 Å². The lowest BCUT2D eigenvalue weighted by Gasteiger charge is -2.20. The molecule has 1 saturated carbocycles. The summed E-state index contributed by atoms with van der Waals surface area (Å²) in [5.41, 5.74) is 6.46. The summed E-state index contributed by atoms with van der Waals surface area (Å²) in [6.45, 7) is 6.58. The Morgan fingerprint density at radius 1 is 0.661 bits per heavy atom. The summed E-state index contributed by atoms with van der Waals surface area (Å²) in [5.74, 6) is 2.30. The molecule has 1 aliphatic rings. The third-order valence-electron chi connectivity index (χ3n) is 12.1. The second-order valence-corrected chi connectivity index (χ2v) is 17.0. The second-order valence-electron chi connectivity index (χ2n) is 17.0. The van der Waals surface area contributed by atoms with Gasteiger partial charge in [0.1, 0.15) is 17.3 Å². The molecule has 302 valence electrons. The lowest BCUT2D eigenvalue weighted by atomic mass is 9.88. The largest absolute Gasteiger partial charge is 0.458 e. The molecule has 5 nitrogen and oxygen atoms in total. The Morgan fingerprint density at radius 3 is 2.06 bits per heavy atom. The van der Waals surface area contributed by atoms with E-state index >= 15 is 0 Å². The summed E-state index contributed by atoms with van der Waals surface area (Å²) in [4.78, 5) is 4.87. The highest BCUT2D eigenvalue weighted by molar-refractivity contribution is 6.09. The van der Waals surface area contributed by atoms with Crippen molar-refractivity contribution in [2.24, 2.45) is 0 Å². The SMILES string of the molecule is [2H]c1c([2H])c([2H])c(-c2cccc(-c3c([2H])c([2H])c([2H])c([2H])c3[2H])c2-[n+]2[c-]n(-c3cc(Oc4ccc5c6ccccc6n(-c6cc(C(C)(C)C)ccn6)c5c4)cc(C4CCCC4)c3)c3ccccc32)c([2H])c1[2H]. The highest BCUT2D eigenvalue weighted by Gasteiger charge is 2.24. The molecule has 1 fully saturated rings. The number of fused-ring (bicyclic) bond motifs is 4. The zero-order chi connectivity index (χ0) is 50.5. The Kier molecular flexibility index (Phi) is 7.01. The van der Waals surface area contributed by atoms with E-state index in [4.69, 9.17) is 23.4 Å². The van der Waals surface area contributed by atoms with Crippen LogP contribution in [0.3, 0.4) is 0 Å². The van der Waals surface area contributed by atoms with Crippen LogP contribution in [-0.4, -0.2) is 14.1 Å². The maximum absolute atomic E-state index is 9.10. The molecule has 0 spiro atoms. The molecule has 0 atom stereocenters. The van der Waals surface area contributed by atoms with E-state index in [0.29, 0.717) is 28.2 Å². The molecular formula is C57H48N4O. The smallest absolute Gasteiger partial charge is 0.269 e. The van der Waals surface area contributed by atoms with Crippen LogP contribution in [0.15, 0.2) is 182 Å². The van der Waals surface area contributed by atoms with Gasteiger partial charge in [-0.05, 0) is 106 Å². The highest BCUT2D eigenvalue weighted by Crippen LogP contribution is 2.41. The van der Waals surface area contributed by atoms with E-state index in [2.05, 4.69) is 80.2 Å². The summed E-state index contributed by atoms with van der Waals surface area (Å²) < 4.78 is 100. The number of para-hydroxylation sites is 4. The van der Waals surface area contributed by atoms with Gasteiger partial charge in [-0.2, -0.15) is 0 Å². The van der Waals surface area contributed by atoms with Crippen LogP contribution in [0.2, 0.25) is 0 Å². The number of aromatic nitrogens is 4. The van der Waals surface area contributed by atoms with Crippen molar-refractivity contribution in [3.05, 3.63) is 199 Å². The van der Waals surface area contributed by atoms with Gasteiger partial charge in [-0.25, -0.2) is 4.98 Å². The van der Waals surface area contributed by atoms with Gasteiger partial charge >= 0.3 is 0 Å². The van der Waals surface area contributed by atoms with Crippen LogP contribution in [-0.2, 0) is 5.41 Å². The molecule has 62 heavy (non-hydrogen) atoms. The van der Waals surface area contributed by atoms with E-state index in [9.17, 15) is 0 Å². The van der Waals surface area contributed by atoms with Crippen molar-refractivity contribution >= 4 is 32.8 Å². The minimum atomic E-state index is -0.557. The van der Waals surface area contributed by atoms with E-state index in [1.807, 2.05) is 59.3 Å². The van der Waals surface area contributed by atoms with Gasteiger partial charge in [-0.15, -0.1) is 0 Å². The van der Waals surface area contributed by atoms with Gasteiger partial charge in [0, 0.05) is 23.0 Å². The molecule has 1 aliphatic carbocycles. The van der Waals surface area contributed by atoms with Gasteiger partial charge in [-0.3, -0.25) is 13.7 Å². The molecule has 11 rings (SSSR count). The topological polar surface area (TPSA) is 35.9 Å². The zero-order valence-electron chi connectivity index (χ0n) is 44.6. The fraction of sp³-hybridized carbons (Fsp3) is 0.158. The van der Waals surface area contributed by atoms with Gasteiger partial charge in [0.25, 0.3) is 6.33 Å². The van der Waals surface area contributed by atoms with Crippen molar-refractivity contribution in [2.45, 2.75) is 57.8 Å². The maximum atomic E-state index is 9.10. The lowest BCUT2D eigenvalue weighted by molar-refractivity contribution is -0.571. The summed E-state index contributed by atoms with van der Waals surface area (Å²) in [5, 5.41) is 2.16. The molecule has 0 saturated heterocycles. The number of rotatable bonds is 8. The Bertz CT molecular complexity index is 3720. The second kappa shape index (κ2) is 15.3. The van der Waals surface area contributed by atoms with E-state index in [1.165, 1.54) is 5.56 Å². The number of benzene rings is 7. The number of hydrogen-bond acceptors (Lipinski definition) is 2. The minimum Gasteiger partial charge on any atom is -0.458 e.